The molecule has 1 heterocycles. The predicted octanol–water partition coefficient (Wildman–Crippen LogP) is 1.79. The fourth-order valence-electron chi connectivity index (χ4n) is 2.35. The third kappa shape index (κ3) is 2.89. The molecule has 0 saturated carbocycles. The Labute approximate surface area is 109 Å². The Balaban J connectivity index is 1.99. The van der Waals surface area contributed by atoms with Gasteiger partial charge in [0, 0.05) is 25.8 Å². The molecule has 1 aromatic carbocycles. The lowest BCUT2D eigenvalue weighted by Gasteiger charge is -2.23. The first-order valence-electron chi connectivity index (χ1n) is 6.40. The third-order valence-electron chi connectivity index (χ3n) is 3.45. The molecule has 18 heavy (non-hydrogen) atoms. The van der Waals surface area contributed by atoms with Crippen LogP contribution in [0.15, 0.2) is 18.2 Å². The summed E-state index contributed by atoms with van der Waals surface area (Å²) in [6.45, 7) is 6.48. The average Bonchev–Trinajstić information content (AvgIpc) is 2.70. The average molecular weight is 247 g/mol. The van der Waals surface area contributed by atoms with Gasteiger partial charge in [-0.25, -0.2) is 10.0 Å². The monoisotopic (exact) mass is 247 g/mol. The van der Waals surface area contributed by atoms with Crippen molar-refractivity contribution in [2.75, 3.05) is 32.0 Å². The van der Waals surface area contributed by atoms with Crippen molar-refractivity contribution in [2.24, 2.45) is 0 Å². The summed E-state index contributed by atoms with van der Waals surface area (Å²) < 4.78 is 0. The zero-order valence-electron chi connectivity index (χ0n) is 11.4. The van der Waals surface area contributed by atoms with E-state index in [4.69, 9.17) is 0 Å². The van der Waals surface area contributed by atoms with Gasteiger partial charge in [0.1, 0.15) is 0 Å². The summed E-state index contributed by atoms with van der Waals surface area (Å²) in [5.74, 6) is 0.0566. The number of amides is 1. The van der Waals surface area contributed by atoms with Gasteiger partial charge in [0.25, 0.3) is 0 Å². The van der Waals surface area contributed by atoms with Crippen LogP contribution < -0.4 is 5.32 Å². The number of aryl methyl sites for hydroxylation is 2. The van der Waals surface area contributed by atoms with Crippen LogP contribution in [0.4, 0.5) is 5.69 Å². The zero-order valence-corrected chi connectivity index (χ0v) is 11.4. The molecule has 4 nitrogen and oxygen atoms in total. The predicted molar refractivity (Wildman–Crippen MR) is 73.4 cm³/mol. The molecule has 1 fully saturated rings. The van der Waals surface area contributed by atoms with E-state index in [2.05, 4.69) is 15.3 Å². The van der Waals surface area contributed by atoms with Crippen LogP contribution in [0.1, 0.15) is 17.5 Å². The van der Waals surface area contributed by atoms with E-state index < -0.39 is 0 Å². The molecule has 0 aliphatic carbocycles. The lowest BCUT2D eigenvalue weighted by atomic mass is 10.1. The van der Waals surface area contributed by atoms with Crippen molar-refractivity contribution in [3.05, 3.63) is 29.3 Å². The van der Waals surface area contributed by atoms with Crippen LogP contribution in [0.3, 0.4) is 0 Å². The molecule has 0 unspecified atom stereocenters. The number of nitrogens with zero attached hydrogens (tertiary/aromatic N) is 2. The lowest BCUT2D eigenvalue weighted by Crippen LogP contribution is -2.39. The summed E-state index contributed by atoms with van der Waals surface area (Å²) in [4.78, 5) is 12.0. The maximum atomic E-state index is 12.0. The Morgan fingerprint density at radius 3 is 2.50 bits per heavy atom. The number of hydrogen-bond acceptors (Lipinski definition) is 3. The molecule has 4 heteroatoms. The summed E-state index contributed by atoms with van der Waals surface area (Å²) in [6.07, 6.45) is 1.13. The van der Waals surface area contributed by atoms with E-state index in [9.17, 15) is 4.79 Å². The summed E-state index contributed by atoms with van der Waals surface area (Å²) in [5, 5.41) is 7.22. The summed E-state index contributed by atoms with van der Waals surface area (Å²) >= 11 is 0. The smallest absolute Gasteiger partial charge is 0.240 e. The number of hydrogen-bond donors (Lipinski definition) is 1. The lowest BCUT2D eigenvalue weighted by molar-refractivity contribution is -0.120. The number of carbonyl (C=O) groups is 1. The van der Waals surface area contributed by atoms with Crippen LogP contribution in [0.2, 0.25) is 0 Å². The number of nitrogens with one attached hydrogen (secondary N) is 1. The van der Waals surface area contributed by atoms with Crippen molar-refractivity contribution in [1.82, 2.24) is 10.0 Å². The molecule has 0 aromatic heterocycles. The Kier molecular flexibility index (Phi) is 3.99. The number of hydrazine groups is 1. The van der Waals surface area contributed by atoms with Crippen LogP contribution in [0.25, 0.3) is 0 Å². The van der Waals surface area contributed by atoms with Gasteiger partial charge in [0.2, 0.25) is 5.91 Å². The second kappa shape index (κ2) is 5.50. The minimum Gasteiger partial charge on any atom is -0.324 e. The molecule has 1 saturated heterocycles. The Morgan fingerprint density at radius 2 is 1.94 bits per heavy atom. The SMILES string of the molecule is Cc1cccc(C)c1NC(=O)CN1CCCN1C. The largest absolute Gasteiger partial charge is 0.324 e. The molecule has 1 N–H and O–H groups in total. The van der Waals surface area contributed by atoms with Gasteiger partial charge in [-0.3, -0.25) is 4.79 Å². The summed E-state index contributed by atoms with van der Waals surface area (Å²) in [5.41, 5.74) is 3.17. The Hall–Kier alpha value is -1.39. The van der Waals surface area contributed by atoms with Crippen LogP contribution in [0, 0.1) is 13.8 Å². The standard InChI is InChI=1S/C14H21N3O/c1-11-6-4-7-12(2)14(11)15-13(18)10-17-9-5-8-16(17)3/h4,6-7H,5,8-10H2,1-3H3,(H,15,18). The number of anilines is 1. The van der Waals surface area contributed by atoms with Gasteiger partial charge in [-0.15, -0.1) is 0 Å². The fraction of sp³-hybridized carbons (Fsp3) is 0.500. The first kappa shape index (κ1) is 13.1. The van der Waals surface area contributed by atoms with E-state index in [0.717, 1.165) is 36.3 Å². The third-order valence-corrected chi connectivity index (χ3v) is 3.45. The number of rotatable bonds is 3. The van der Waals surface area contributed by atoms with Gasteiger partial charge in [0.15, 0.2) is 0 Å². The molecule has 1 aliphatic rings. The van der Waals surface area contributed by atoms with E-state index in [0.29, 0.717) is 6.54 Å². The van der Waals surface area contributed by atoms with E-state index in [-0.39, 0.29) is 5.91 Å². The Morgan fingerprint density at radius 1 is 1.28 bits per heavy atom. The van der Waals surface area contributed by atoms with E-state index in [1.165, 1.54) is 0 Å². The Bertz CT molecular complexity index is 424. The van der Waals surface area contributed by atoms with E-state index in [1.54, 1.807) is 0 Å². The molecule has 0 radical (unpaired) electrons. The molecule has 0 bridgehead atoms. The molecule has 1 amide bonds. The number of benzene rings is 1. The minimum absolute atomic E-state index is 0.0566. The normalized spacial score (nSPS) is 17.1. The van der Waals surface area contributed by atoms with Crippen molar-refractivity contribution >= 4 is 11.6 Å². The molecule has 0 atom stereocenters. The van der Waals surface area contributed by atoms with E-state index >= 15 is 0 Å². The summed E-state index contributed by atoms with van der Waals surface area (Å²) in [6, 6.07) is 6.05. The van der Waals surface area contributed by atoms with Gasteiger partial charge >= 0.3 is 0 Å². The topological polar surface area (TPSA) is 35.6 Å². The van der Waals surface area contributed by atoms with Gasteiger partial charge in [-0.1, -0.05) is 18.2 Å². The van der Waals surface area contributed by atoms with Crippen molar-refractivity contribution in [1.29, 1.82) is 0 Å². The number of para-hydroxylation sites is 1. The maximum absolute atomic E-state index is 12.0. The van der Waals surface area contributed by atoms with Gasteiger partial charge in [-0.05, 0) is 31.4 Å². The second-order valence-electron chi connectivity index (χ2n) is 4.94. The highest BCUT2D eigenvalue weighted by Gasteiger charge is 2.20. The molecule has 1 aliphatic heterocycles. The maximum Gasteiger partial charge on any atom is 0.240 e. The van der Waals surface area contributed by atoms with Crippen LogP contribution in [-0.2, 0) is 4.79 Å². The number of carbonyl (C=O) groups excluding carboxylic acids is 1. The molecule has 0 spiro atoms. The highest BCUT2D eigenvalue weighted by molar-refractivity contribution is 5.93. The van der Waals surface area contributed by atoms with Crippen LogP contribution in [0.5, 0.6) is 0 Å². The quantitative estimate of drug-likeness (QED) is 0.884. The van der Waals surface area contributed by atoms with Gasteiger partial charge < -0.3 is 5.32 Å². The molecule has 1 aromatic rings. The second-order valence-corrected chi connectivity index (χ2v) is 4.94. The molecular weight excluding hydrogens is 226 g/mol. The van der Waals surface area contributed by atoms with Crippen molar-refractivity contribution in [3.63, 3.8) is 0 Å². The van der Waals surface area contributed by atoms with Gasteiger partial charge in [-0.2, -0.15) is 0 Å². The fourth-order valence-corrected chi connectivity index (χ4v) is 2.35. The first-order chi connectivity index (χ1) is 8.58. The zero-order chi connectivity index (χ0) is 13.1. The highest BCUT2D eigenvalue weighted by Crippen LogP contribution is 2.19. The first-order valence-corrected chi connectivity index (χ1v) is 6.40. The van der Waals surface area contributed by atoms with Crippen LogP contribution >= 0.6 is 0 Å². The van der Waals surface area contributed by atoms with Crippen molar-refractivity contribution in [3.8, 4) is 0 Å². The van der Waals surface area contributed by atoms with E-state index in [1.807, 2.05) is 39.1 Å². The molecule has 98 valence electrons. The van der Waals surface area contributed by atoms with Crippen molar-refractivity contribution in [2.45, 2.75) is 20.3 Å². The van der Waals surface area contributed by atoms with Gasteiger partial charge in [0.05, 0.1) is 6.54 Å². The van der Waals surface area contributed by atoms with Crippen molar-refractivity contribution < 1.29 is 4.79 Å². The molecule has 2 rings (SSSR count). The molecular formula is C14H21N3O. The highest BCUT2D eigenvalue weighted by atomic mass is 16.2. The van der Waals surface area contributed by atoms with Crippen LogP contribution in [-0.4, -0.2) is 42.6 Å². The summed E-state index contributed by atoms with van der Waals surface area (Å²) in [7, 11) is 2.03. The minimum atomic E-state index is 0.0566.